The minimum absolute atomic E-state index is 0.0683. The third kappa shape index (κ3) is 31.4. The van der Waals surface area contributed by atoms with Gasteiger partial charge in [0.1, 0.15) is 24.4 Å². The van der Waals surface area contributed by atoms with Crippen molar-refractivity contribution in [1.29, 1.82) is 0 Å². The van der Waals surface area contributed by atoms with E-state index in [0.29, 0.717) is 39.5 Å². The monoisotopic (exact) mass is 965 g/mol. The van der Waals surface area contributed by atoms with Gasteiger partial charge >= 0.3 is 0 Å². The molecule has 6 atom stereocenters. The lowest BCUT2D eigenvalue weighted by atomic mass is 9.98. The molecule has 2 aliphatic heterocycles. The second-order valence-electron chi connectivity index (χ2n) is 19.0. The first kappa shape index (κ1) is 62.1. The molecule has 2 aliphatic rings. The third-order valence-corrected chi connectivity index (χ3v) is 12.7. The molecule has 2 unspecified atom stereocenters. The molecule has 0 radical (unpaired) electrons. The van der Waals surface area contributed by atoms with Crippen molar-refractivity contribution in [1.82, 2.24) is 10.2 Å². The first-order chi connectivity index (χ1) is 33.2. The predicted molar refractivity (Wildman–Crippen MR) is 273 cm³/mol. The Labute approximate surface area is 413 Å². The van der Waals surface area contributed by atoms with Crippen LogP contribution in [0, 0.1) is 0 Å². The summed E-state index contributed by atoms with van der Waals surface area (Å²) < 4.78 is 35.1. The summed E-state index contributed by atoms with van der Waals surface area (Å²) >= 11 is 0. The lowest BCUT2D eigenvalue weighted by Crippen LogP contribution is -2.59. The largest absolute Gasteiger partial charge is 0.394 e. The van der Waals surface area contributed by atoms with E-state index in [1.807, 2.05) is 11.9 Å². The molecule has 0 aromatic carbocycles. The molecular weight excluding hydrogens is 865 g/mol. The van der Waals surface area contributed by atoms with E-state index in [4.69, 9.17) is 28.4 Å². The molecule has 0 aromatic heterocycles. The van der Waals surface area contributed by atoms with Crippen LogP contribution in [0.4, 0.5) is 0 Å². The summed E-state index contributed by atoms with van der Waals surface area (Å²) in [6.07, 6.45) is 43.2. The summed E-state index contributed by atoms with van der Waals surface area (Å²) in [7, 11) is 1.95. The van der Waals surface area contributed by atoms with E-state index in [2.05, 4.69) is 67.8 Å². The van der Waals surface area contributed by atoms with Crippen molar-refractivity contribution in [2.24, 2.45) is 0 Å². The van der Waals surface area contributed by atoms with Crippen molar-refractivity contribution < 1.29 is 53.6 Å². The van der Waals surface area contributed by atoms with Crippen molar-refractivity contribution in [3.8, 4) is 0 Å². The Morgan fingerprint density at radius 1 is 0.632 bits per heavy atom. The van der Waals surface area contributed by atoms with Crippen molar-refractivity contribution in [3.05, 3.63) is 48.6 Å². The fourth-order valence-corrected chi connectivity index (χ4v) is 8.58. The van der Waals surface area contributed by atoms with E-state index in [0.717, 1.165) is 38.5 Å². The standard InChI is InChI=1S/C55H100N2O11/c1-4-6-8-10-12-14-16-18-20-22-24-26-28-30-32-34-36-55(37-35-33-31-29-27-25-23-21-19-17-15-13-11-9-7-5-2)66-47-48(68-55)44-57(3)45-50(59)56-38-39-63-40-41-64-42-43-65-54-53(62)52(61)51(60)49(46-58)67-54/h12-15,18-21,48-49,51-54,58,60-62H,4-11,16-17,22-47H2,1-3H3,(H,56,59)/t48-,49?,51+,52-,53?,54+,55?/m0/s1. The Hall–Kier alpha value is -2.01. The van der Waals surface area contributed by atoms with Crippen LogP contribution >= 0.6 is 0 Å². The number of carbonyl (C=O) groups is 1. The summed E-state index contributed by atoms with van der Waals surface area (Å²) in [4.78, 5) is 14.7. The molecule has 0 bridgehead atoms. The van der Waals surface area contributed by atoms with E-state index >= 15 is 0 Å². The molecule has 0 aromatic rings. The van der Waals surface area contributed by atoms with Gasteiger partial charge in [-0.05, 0) is 84.1 Å². The number of hydrogen-bond donors (Lipinski definition) is 5. The van der Waals surface area contributed by atoms with Gasteiger partial charge in [-0.25, -0.2) is 0 Å². The lowest BCUT2D eigenvalue weighted by Gasteiger charge is -2.39. The number of carbonyl (C=O) groups excluding carboxylic acids is 1. The van der Waals surface area contributed by atoms with E-state index in [9.17, 15) is 25.2 Å². The van der Waals surface area contributed by atoms with Gasteiger partial charge in [-0.3, -0.25) is 9.69 Å². The highest BCUT2D eigenvalue weighted by Gasteiger charge is 2.44. The van der Waals surface area contributed by atoms with Crippen LogP contribution in [0.15, 0.2) is 48.6 Å². The van der Waals surface area contributed by atoms with Crippen LogP contribution in [0.5, 0.6) is 0 Å². The average Bonchev–Trinajstić information content (AvgIpc) is 3.73. The maximum absolute atomic E-state index is 12.7. The molecule has 396 valence electrons. The van der Waals surface area contributed by atoms with Gasteiger partial charge in [0.05, 0.1) is 58.9 Å². The lowest BCUT2D eigenvalue weighted by molar-refractivity contribution is -0.302. The zero-order valence-electron chi connectivity index (χ0n) is 43.1. The number of aliphatic hydroxyl groups is 4. The van der Waals surface area contributed by atoms with Crippen LogP contribution in [0.1, 0.15) is 181 Å². The van der Waals surface area contributed by atoms with Crippen molar-refractivity contribution in [2.45, 2.75) is 223 Å². The topological polar surface area (TPSA) is 169 Å². The highest BCUT2D eigenvalue weighted by atomic mass is 16.7. The number of unbranched alkanes of at least 4 members (excludes halogenated alkanes) is 18. The molecular formula is C55H100N2O11. The Balaban J connectivity index is 1.63. The smallest absolute Gasteiger partial charge is 0.234 e. The molecule has 2 saturated heterocycles. The van der Waals surface area contributed by atoms with Gasteiger partial charge in [-0.1, -0.05) is 140 Å². The van der Waals surface area contributed by atoms with Gasteiger partial charge in [0.15, 0.2) is 12.1 Å². The first-order valence-electron chi connectivity index (χ1n) is 27.2. The van der Waals surface area contributed by atoms with Gasteiger partial charge in [-0.15, -0.1) is 0 Å². The SMILES string of the molecule is CCCCCC=CCC=CCCCCCCCCC1(CCCCCCCCC=CCC=CCCCCC)OC[C@H](CN(C)CC(=O)NCCOCCOCCO[C@@H]2OC(CO)[C@@H](O)[C@H](O)C2O)O1. The molecule has 13 heteroatoms. The molecule has 2 heterocycles. The van der Waals surface area contributed by atoms with Gasteiger partial charge in [0.25, 0.3) is 0 Å². The number of aliphatic hydroxyl groups excluding tert-OH is 4. The molecule has 2 rings (SSSR count). The van der Waals surface area contributed by atoms with Crippen LogP contribution in [-0.4, -0.2) is 147 Å². The van der Waals surface area contributed by atoms with Gasteiger partial charge < -0.3 is 54.2 Å². The number of hydrogen-bond acceptors (Lipinski definition) is 12. The Morgan fingerprint density at radius 3 is 1.65 bits per heavy atom. The quantitative estimate of drug-likeness (QED) is 0.0290. The van der Waals surface area contributed by atoms with E-state index < -0.39 is 43.1 Å². The molecule has 1 amide bonds. The Bertz CT molecular complexity index is 1250. The molecule has 2 fully saturated rings. The maximum Gasteiger partial charge on any atom is 0.234 e. The summed E-state index contributed by atoms with van der Waals surface area (Å²) in [5.74, 6) is -0.609. The second-order valence-corrected chi connectivity index (χ2v) is 19.0. The minimum Gasteiger partial charge on any atom is -0.394 e. The number of nitrogens with one attached hydrogen (secondary N) is 1. The predicted octanol–water partition coefficient (Wildman–Crippen LogP) is 9.40. The van der Waals surface area contributed by atoms with E-state index in [1.54, 1.807) is 0 Å². The molecule has 68 heavy (non-hydrogen) atoms. The number of rotatable bonds is 45. The average molecular weight is 965 g/mol. The minimum atomic E-state index is -1.49. The van der Waals surface area contributed by atoms with E-state index in [1.165, 1.54) is 128 Å². The third-order valence-electron chi connectivity index (χ3n) is 12.7. The Morgan fingerprint density at radius 2 is 1.12 bits per heavy atom. The summed E-state index contributed by atoms with van der Waals surface area (Å²) in [5, 5.41) is 42.0. The zero-order valence-corrected chi connectivity index (χ0v) is 43.1. The van der Waals surface area contributed by atoms with Gasteiger partial charge in [0, 0.05) is 25.9 Å². The molecule has 0 spiro atoms. The fourth-order valence-electron chi connectivity index (χ4n) is 8.58. The van der Waals surface area contributed by atoms with Crippen LogP contribution < -0.4 is 5.32 Å². The Kier molecular flexibility index (Phi) is 39.0. The van der Waals surface area contributed by atoms with Crippen LogP contribution in [0.2, 0.25) is 0 Å². The first-order valence-corrected chi connectivity index (χ1v) is 27.2. The van der Waals surface area contributed by atoms with Crippen LogP contribution in [-0.2, 0) is 33.2 Å². The summed E-state index contributed by atoms with van der Waals surface area (Å²) in [6.45, 7) is 6.99. The molecule has 5 N–H and O–H groups in total. The summed E-state index contributed by atoms with van der Waals surface area (Å²) in [6, 6.07) is 0. The van der Waals surface area contributed by atoms with Crippen molar-refractivity contribution in [3.63, 3.8) is 0 Å². The molecule has 0 saturated carbocycles. The maximum atomic E-state index is 12.7. The van der Waals surface area contributed by atoms with Gasteiger partial charge in [0.2, 0.25) is 5.91 Å². The van der Waals surface area contributed by atoms with Gasteiger partial charge in [-0.2, -0.15) is 0 Å². The van der Waals surface area contributed by atoms with Crippen LogP contribution in [0.25, 0.3) is 0 Å². The fraction of sp³-hybridized carbons (Fsp3) is 0.836. The number of allylic oxidation sites excluding steroid dienone is 8. The number of likely N-dealkylation sites (N-methyl/N-ethyl adjacent to an activating group) is 1. The number of amides is 1. The molecule has 0 aliphatic carbocycles. The summed E-state index contributed by atoms with van der Waals surface area (Å²) in [5.41, 5.74) is 0. The highest BCUT2D eigenvalue weighted by Crippen LogP contribution is 2.35. The molecule has 13 nitrogen and oxygen atoms in total. The van der Waals surface area contributed by atoms with E-state index in [-0.39, 0.29) is 31.8 Å². The normalized spacial score (nSPS) is 23.5. The zero-order chi connectivity index (χ0) is 49.2. The van der Waals surface area contributed by atoms with Crippen molar-refractivity contribution >= 4 is 5.91 Å². The highest BCUT2D eigenvalue weighted by molar-refractivity contribution is 5.77. The van der Waals surface area contributed by atoms with Crippen molar-refractivity contribution in [2.75, 3.05) is 72.9 Å². The van der Waals surface area contributed by atoms with Crippen LogP contribution in [0.3, 0.4) is 0 Å². The second kappa shape index (κ2) is 42.7. The number of nitrogens with zero attached hydrogens (tertiary/aromatic N) is 1. The number of ether oxygens (including phenoxy) is 6.